The lowest BCUT2D eigenvalue weighted by atomic mass is 10.2. The second-order valence-electron chi connectivity index (χ2n) is 4.52. The maximum absolute atomic E-state index is 13.8. The van der Waals surface area contributed by atoms with Gasteiger partial charge in [0.2, 0.25) is 0 Å². The van der Waals surface area contributed by atoms with Gasteiger partial charge in [0.25, 0.3) is 10.0 Å². The van der Waals surface area contributed by atoms with Gasteiger partial charge < -0.3 is 5.11 Å². The van der Waals surface area contributed by atoms with Gasteiger partial charge in [-0.3, -0.25) is 4.72 Å². The molecule has 116 valence electrons. The number of benzene rings is 2. The highest BCUT2D eigenvalue weighted by atomic mass is 127. The fourth-order valence-corrected chi connectivity index (χ4v) is 3.67. The molecule has 8 heteroatoms. The van der Waals surface area contributed by atoms with Gasteiger partial charge in [0.05, 0.1) is 11.3 Å². The van der Waals surface area contributed by atoms with Crippen LogP contribution in [0.25, 0.3) is 0 Å². The van der Waals surface area contributed by atoms with Crippen molar-refractivity contribution in [2.75, 3.05) is 4.72 Å². The minimum Gasteiger partial charge on any atom is -0.478 e. The maximum atomic E-state index is 13.8. The van der Waals surface area contributed by atoms with Crippen molar-refractivity contribution in [1.82, 2.24) is 0 Å². The number of rotatable bonds is 4. The van der Waals surface area contributed by atoms with Gasteiger partial charge in [-0.15, -0.1) is 0 Å². The molecular weight excluding hydrogens is 424 g/mol. The average Bonchev–Trinajstić information content (AvgIpc) is 2.42. The van der Waals surface area contributed by atoms with Crippen molar-refractivity contribution in [1.29, 1.82) is 0 Å². The standard InChI is InChI=1S/C14H11FINO4S/c1-8-6-10(16)3-5-12(8)17-22(20,21)13-7-9(14(18)19)2-4-11(13)15/h2-7,17H,1H3,(H,18,19). The number of hydrogen-bond acceptors (Lipinski definition) is 3. The third-order valence-corrected chi connectivity index (χ3v) is 4.95. The number of hydrogen-bond donors (Lipinski definition) is 2. The second kappa shape index (κ2) is 6.21. The molecule has 0 aliphatic rings. The first-order valence-corrected chi connectivity index (χ1v) is 8.59. The average molecular weight is 435 g/mol. The number of carboxylic acids is 1. The van der Waals surface area contributed by atoms with E-state index in [1.165, 1.54) is 0 Å². The number of aryl methyl sites for hydroxylation is 1. The molecule has 0 atom stereocenters. The van der Waals surface area contributed by atoms with Crippen molar-refractivity contribution in [3.8, 4) is 0 Å². The first-order valence-electron chi connectivity index (χ1n) is 6.02. The Kier molecular flexibility index (Phi) is 4.71. The molecule has 0 saturated carbocycles. The molecule has 0 aliphatic heterocycles. The van der Waals surface area contributed by atoms with Crippen LogP contribution in [0.15, 0.2) is 41.3 Å². The smallest absolute Gasteiger partial charge is 0.335 e. The SMILES string of the molecule is Cc1cc(I)ccc1NS(=O)(=O)c1cc(C(=O)O)ccc1F. The van der Waals surface area contributed by atoms with E-state index in [1.807, 2.05) is 0 Å². The van der Waals surface area contributed by atoms with Crippen molar-refractivity contribution in [3.63, 3.8) is 0 Å². The van der Waals surface area contributed by atoms with Crippen LogP contribution in [0.1, 0.15) is 15.9 Å². The van der Waals surface area contributed by atoms with Crippen LogP contribution in [0.3, 0.4) is 0 Å². The zero-order chi connectivity index (χ0) is 16.5. The van der Waals surface area contributed by atoms with Gasteiger partial charge in [-0.2, -0.15) is 0 Å². The molecule has 5 nitrogen and oxygen atoms in total. The minimum absolute atomic E-state index is 0.305. The summed E-state index contributed by atoms with van der Waals surface area (Å²) in [5, 5.41) is 8.89. The summed E-state index contributed by atoms with van der Waals surface area (Å²) in [4.78, 5) is 10.2. The summed E-state index contributed by atoms with van der Waals surface area (Å²) >= 11 is 2.09. The number of halogens is 2. The van der Waals surface area contributed by atoms with Gasteiger partial charge in [0.15, 0.2) is 0 Å². The van der Waals surface area contributed by atoms with E-state index in [0.717, 1.165) is 21.8 Å². The molecule has 0 fully saturated rings. The lowest BCUT2D eigenvalue weighted by Gasteiger charge is -2.12. The molecule has 0 saturated heterocycles. The van der Waals surface area contributed by atoms with Crippen LogP contribution in [0, 0.1) is 16.3 Å². The monoisotopic (exact) mass is 435 g/mol. The van der Waals surface area contributed by atoms with Gasteiger partial charge >= 0.3 is 5.97 Å². The fourth-order valence-electron chi connectivity index (χ4n) is 1.78. The normalized spacial score (nSPS) is 11.2. The molecule has 0 aromatic heterocycles. The summed E-state index contributed by atoms with van der Waals surface area (Å²) in [7, 11) is -4.23. The molecule has 2 aromatic carbocycles. The lowest BCUT2D eigenvalue weighted by Crippen LogP contribution is -2.16. The van der Waals surface area contributed by atoms with Crippen LogP contribution in [0.2, 0.25) is 0 Å². The molecule has 0 bridgehead atoms. The van der Waals surface area contributed by atoms with Crippen molar-refractivity contribution in [2.45, 2.75) is 11.8 Å². The van der Waals surface area contributed by atoms with Crippen molar-refractivity contribution in [3.05, 3.63) is 56.9 Å². The molecule has 2 aromatic rings. The van der Waals surface area contributed by atoms with E-state index in [2.05, 4.69) is 27.3 Å². The number of aromatic carboxylic acids is 1. The van der Waals surface area contributed by atoms with E-state index in [-0.39, 0.29) is 5.56 Å². The Hall–Kier alpha value is -1.68. The Morgan fingerprint density at radius 3 is 2.50 bits per heavy atom. The third-order valence-electron chi connectivity index (χ3n) is 2.90. The van der Waals surface area contributed by atoms with Gasteiger partial charge in [-0.25, -0.2) is 17.6 Å². The van der Waals surface area contributed by atoms with Crippen molar-refractivity contribution >= 4 is 44.3 Å². The molecule has 0 aliphatic carbocycles. The van der Waals surface area contributed by atoms with Gasteiger partial charge in [-0.05, 0) is 71.5 Å². The lowest BCUT2D eigenvalue weighted by molar-refractivity contribution is 0.0696. The predicted molar refractivity (Wildman–Crippen MR) is 88.1 cm³/mol. The predicted octanol–water partition coefficient (Wildman–Crippen LogP) is 3.24. The highest BCUT2D eigenvalue weighted by molar-refractivity contribution is 14.1. The molecule has 0 spiro atoms. The van der Waals surface area contributed by atoms with Crippen LogP contribution in [0.4, 0.5) is 10.1 Å². The van der Waals surface area contributed by atoms with Crippen LogP contribution < -0.4 is 4.72 Å². The Bertz CT molecular complexity index is 852. The van der Waals surface area contributed by atoms with E-state index in [9.17, 15) is 17.6 Å². The summed E-state index contributed by atoms with van der Waals surface area (Å²) < 4.78 is 41.6. The second-order valence-corrected chi connectivity index (χ2v) is 7.41. The molecular formula is C14H11FINO4S. The molecule has 2 rings (SSSR count). The van der Waals surface area contributed by atoms with E-state index >= 15 is 0 Å². The summed E-state index contributed by atoms with van der Waals surface area (Å²) in [6.45, 7) is 1.71. The van der Waals surface area contributed by atoms with Crippen molar-refractivity contribution < 1.29 is 22.7 Å². The summed E-state index contributed by atoms with van der Waals surface area (Å²) in [5.74, 6) is -2.34. The Labute approximate surface area is 140 Å². The molecule has 0 heterocycles. The molecule has 0 radical (unpaired) electrons. The van der Waals surface area contributed by atoms with Crippen LogP contribution in [-0.2, 0) is 10.0 Å². The van der Waals surface area contributed by atoms with E-state index in [4.69, 9.17) is 5.11 Å². The van der Waals surface area contributed by atoms with E-state index in [1.54, 1.807) is 25.1 Å². The number of anilines is 1. The zero-order valence-corrected chi connectivity index (χ0v) is 14.3. The largest absolute Gasteiger partial charge is 0.478 e. The number of nitrogens with one attached hydrogen (secondary N) is 1. The van der Waals surface area contributed by atoms with E-state index in [0.29, 0.717) is 11.3 Å². The molecule has 0 amide bonds. The first kappa shape index (κ1) is 16.7. The Morgan fingerprint density at radius 1 is 1.23 bits per heavy atom. The summed E-state index contributed by atoms with van der Waals surface area (Å²) in [6.07, 6.45) is 0. The molecule has 22 heavy (non-hydrogen) atoms. The fraction of sp³-hybridized carbons (Fsp3) is 0.0714. The van der Waals surface area contributed by atoms with Gasteiger partial charge in [0, 0.05) is 3.57 Å². The Balaban J connectivity index is 2.46. The van der Waals surface area contributed by atoms with Crippen LogP contribution in [0.5, 0.6) is 0 Å². The summed E-state index contributed by atoms with van der Waals surface area (Å²) in [6, 6.07) is 7.65. The maximum Gasteiger partial charge on any atom is 0.335 e. The number of carbonyl (C=O) groups is 1. The topological polar surface area (TPSA) is 83.5 Å². The highest BCUT2D eigenvalue weighted by Gasteiger charge is 2.22. The molecule has 2 N–H and O–H groups in total. The highest BCUT2D eigenvalue weighted by Crippen LogP contribution is 2.23. The zero-order valence-electron chi connectivity index (χ0n) is 11.3. The quantitative estimate of drug-likeness (QED) is 0.723. The number of sulfonamides is 1. The van der Waals surface area contributed by atoms with E-state index < -0.39 is 26.7 Å². The first-order chi connectivity index (χ1) is 10.2. The molecule has 0 unspecified atom stereocenters. The van der Waals surface area contributed by atoms with Crippen LogP contribution >= 0.6 is 22.6 Å². The van der Waals surface area contributed by atoms with Crippen molar-refractivity contribution in [2.24, 2.45) is 0 Å². The van der Waals surface area contributed by atoms with Crippen LogP contribution in [-0.4, -0.2) is 19.5 Å². The summed E-state index contributed by atoms with van der Waals surface area (Å²) in [5.41, 5.74) is 0.673. The van der Waals surface area contributed by atoms with Gasteiger partial charge in [-0.1, -0.05) is 0 Å². The minimum atomic E-state index is -4.23. The Morgan fingerprint density at radius 2 is 1.91 bits per heavy atom. The van der Waals surface area contributed by atoms with Gasteiger partial charge in [0.1, 0.15) is 10.7 Å². The number of carboxylic acid groups (broad SMARTS) is 1. The third kappa shape index (κ3) is 3.55.